The zero-order valence-corrected chi connectivity index (χ0v) is 9.41. The molecule has 0 aliphatic carbocycles. The maximum Gasteiger partial charge on any atom is 0.121 e. The van der Waals surface area contributed by atoms with Crippen LogP contribution in [0.4, 0.5) is 0 Å². The Morgan fingerprint density at radius 2 is 2.47 bits per heavy atom. The number of rotatable bonds is 4. The molecule has 1 aliphatic heterocycles. The van der Waals surface area contributed by atoms with E-state index in [9.17, 15) is 0 Å². The van der Waals surface area contributed by atoms with E-state index in [1.807, 2.05) is 6.07 Å². The lowest BCUT2D eigenvalue weighted by atomic mass is 10.1. The summed E-state index contributed by atoms with van der Waals surface area (Å²) in [5.41, 5.74) is 6.89. The predicted molar refractivity (Wildman–Crippen MR) is 60.3 cm³/mol. The van der Waals surface area contributed by atoms with Crippen LogP contribution in [-0.4, -0.2) is 17.5 Å². The summed E-state index contributed by atoms with van der Waals surface area (Å²) in [6.45, 7) is 4.99. The lowest BCUT2D eigenvalue weighted by Gasteiger charge is -2.22. The highest BCUT2D eigenvalue weighted by molar-refractivity contribution is 5.17. The molecular formula is C12H20N2O. The molecule has 0 spiro atoms. The predicted octanol–water partition coefficient (Wildman–Crippen LogP) is 2.11. The molecule has 1 unspecified atom stereocenters. The van der Waals surface area contributed by atoms with Crippen LogP contribution < -0.4 is 5.73 Å². The monoisotopic (exact) mass is 208 g/mol. The van der Waals surface area contributed by atoms with Gasteiger partial charge in [0.2, 0.25) is 0 Å². The molecule has 15 heavy (non-hydrogen) atoms. The standard InChI is InChI=1S/C12H20N2O/c1-2-11-4-3-6-14(11)9-10-5-7-15-12(10)8-13/h5,7,11H,2-4,6,8-9,13H2,1H3. The summed E-state index contributed by atoms with van der Waals surface area (Å²) >= 11 is 0. The summed E-state index contributed by atoms with van der Waals surface area (Å²) in [5.74, 6) is 0.941. The van der Waals surface area contributed by atoms with Gasteiger partial charge in [-0.25, -0.2) is 0 Å². The SMILES string of the molecule is CCC1CCCN1Cc1ccoc1CN. The second-order valence-electron chi connectivity index (χ2n) is 4.25. The van der Waals surface area contributed by atoms with E-state index < -0.39 is 0 Å². The molecule has 0 saturated carbocycles. The van der Waals surface area contributed by atoms with Crippen molar-refractivity contribution >= 4 is 0 Å². The van der Waals surface area contributed by atoms with E-state index in [0.717, 1.165) is 18.3 Å². The van der Waals surface area contributed by atoms with Gasteiger partial charge in [-0.3, -0.25) is 4.90 Å². The van der Waals surface area contributed by atoms with Crippen molar-refractivity contribution in [2.75, 3.05) is 6.54 Å². The van der Waals surface area contributed by atoms with Crippen LogP contribution in [0.1, 0.15) is 37.5 Å². The fourth-order valence-corrected chi connectivity index (χ4v) is 2.47. The average Bonchev–Trinajstić information content (AvgIpc) is 2.87. The number of hydrogen-bond acceptors (Lipinski definition) is 3. The Morgan fingerprint density at radius 1 is 1.60 bits per heavy atom. The molecule has 1 aromatic rings. The summed E-state index contributed by atoms with van der Waals surface area (Å²) in [6.07, 6.45) is 5.66. The minimum Gasteiger partial charge on any atom is -0.468 e. The summed E-state index contributed by atoms with van der Waals surface area (Å²) in [5, 5.41) is 0. The van der Waals surface area contributed by atoms with Crippen LogP contribution in [0.25, 0.3) is 0 Å². The first-order chi connectivity index (χ1) is 7.35. The quantitative estimate of drug-likeness (QED) is 0.824. The molecule has 2 N–H and O–H groups in total. The van der Waals surface area contributed by atoms with Crippen LogP contribution in [-0.2, 0) is 13.1 Å². The molecule has 0 bridgehead atoms. The van der Waals surface area contributed by atoms with Crippen LogP contribution >= 0.6 is 0 Å². The maximum absolute atomic E-state index is 5.62. The molecule has 0 aromatic carbocycles. The fraction of sp³-hybridized carbons (Fsp3) is 0.667. The molecule has 1 aromatic heterocycles. The Hall–Kier alpha value is -0.800. The normalized spacial score (nSPS) is 22.4. The molecule has 0 amide bonds. The van der Waals surface area contributed by atoms with Crippen LogP contribution in [0, 0.1) is 0 Å². The minimum atomic E-state index is 0.507. The zero-order valence-electron chi connectivity index (χ0n) is 9.41. The Kier molecular flexibility index (Phi) is 3.44. The third-order valence-corrected chi connectivity index (χ3v) is 3.37. The van der Waals surface area contributed by atoms with Gasteiger partial charge >= 0.3 is 0 Å². The second kappa shape index (κ2) is 4.81. The fourth-order valence-electron chi connectivity index (χ4n) is 2.47. The van der Waals surface area contributed by atoms with Crippen molar-refractivity contribution in [2.45, 2.75) is 45.3 Å². The molecule has 0 radical (unpaired) electrons. The van der Waals surface area contributed by atoms with Gasteiger partial charge in [-0.05, 0) is 31.9 Å². The highest BCUT2D eigenvalue weighted by Gasteiger charge is 2.23. The van der Waals surface area contributed by atoms with E-state index in [2.05, 4.69) is 11.8 Å². The van der Waals surface area contributed by atoms with E-state index in [-0.39, 0.29) is 0 Å². The number of hydrogen-bond donors (Lipinski definition) is 1. The first-order valence-corrected chi connectivity index (χ1v) is 5.84. The molecular weight excluding hydrogens is 188 g/mol. The van der Waals surface area contributed by atoms with Crippen molar-refractivity contribution in [1.29, 1.82) is 0 Å². The van der Waals surface area contributed by atoms with Gasteiger partial charge in [0, 0.05) is 18.2 Å². The summed E-state index contributed by atoms with van der Waals surface area (Å²) in [7, 11) is 0. The number of likely N-dealkylation sites (tertiary alicyclic amines) is 1. The van der Waals surface area contributed by atoms with Gasteiger partial charge in [0.1, 0.15) is 5.76 Å². The number of furan rings is 1. The number of nitrogens with zero attached hydrogens (tertiary/aromatic N) is 1. The Labute approximate surface area is 91.2 Å². The number of nitrogens with two attached hydrogens (primary N) is 1. The third kappa shape index (κ3) is 2.24. The third-order valence-electron chi connectivity index (χ3n) is 3.37. The van der Waals surface area contributed by atoms with Crippen molar-refractivity contribution in [3.8, 4) is 0 Å². The summed E-state index contributed by atoms with van der Waals surface area (Å²) < 4.78 is 5.34. The lowest BCUT2D eigenvalue weighted by molar-refractivity contribution is 0.238. The zero-order chi connectivity index (χ0) is 10.7. The molecule has 1 fully saturated rings. The molecule has 1 aliphatic rings. The first-order valence-electron chi connectivity index (χ1n) is 5.84. The van der Waals surface area contributed by atoms with Gasteiger partial charge < -0.3 is 10.2 Å². The van der Waals surface area contributed by atoms with Crippen molar-refractivity contribution in [1.82, 2.24) is 4.90 Å². The molecule has 3 heteroatoms. The molecule has 1 saturated heterocycles. The van der Waals surface area contributed by atoms with E-state index in [1.54, 1.807) is 6.26 Å². The van der Waals surface area contributed by atoms with Gasteiger partial charge in [0.15, 0.2) is 0 Å². The van der Waals surface area contributed by atoms with Gasteiger partial charge in [-0.15, -0.1) is 0 Å². The van der Waals surface area contributed by atoms with Crippen LogP contribution in [0.2, 0.25) is 0 Å². The van der Waals surface area contributed by atoms with E-state index in [4.69, 9.17) is 10.2 Å². The smallest absolute Gasteiger partial charge is 0.121 e. The van der Waals surface area contributed by atoms with E-state index in [0.29, 0.717) is 6.54 Å². The Balaban J connectivity index is 2.01. The largest absolute Gasteiger partial charge is 0.468 e. The molecule has 2 rings (SSSR count). The van der Waals surface area contributed by atoms with Crippen molar-refractivity contribution in [3.63, 3.8) is 0 Å². The Bertz CT molecular complexity index is 308. The molecule has 1 atom stereocenters. The lowest BCUT2D eigenvalue weighted by Crippen LogP contribution is -2.28. The van der Waals surface area contributed by atoms with Gasteiger partial charge in [0.25, 0.3) is 0 Å². The second-order valence-corrected chi connectivity index (χ2v) is 4.25. The molecule has 3 nitrogen and oxygen atoms in total. The maximum atomic E-state index is 5.62. The Morgan fingerprint density at radius 3 is 3.20 bits per heavy atom. The minimum absolute atomic E-state index is 0.507. The van der Waals surface area contributed by atoms with Crippen molar-refractivity contribution < 1.29 is 4.42 Å². The van der Waals surface area contributed by atoms with Gasteiger partial charge in [0.05, 0.1) is 12.8 Å². The topological polar surface area (TPSA) is 42.4 Å². The van der Waals surface area contributed by atoms with E-state index >= 15 is 0 Å². The van der Waals surface area contributed by atoms with Crippen LogP contribution in [0.3, 0.4) is 0 Å². The molecule has 2 heterocycles. The average molecular weight is 208 g/mol. The van der Waals surface area contributed by atoms with Gasteiger partial charge in [-0.2, -0.15) is 0 Å². The summed E-state index contributed by atoms with van der Waals surface area (Å²) in [4.78, 5) is 2.55. The van der Waals surface area contributed by atoms with Crippen molar-refractivity contribution in [2.24, 2.45) is 5.73 Å². The van der Waals surface area contributed by atoms with Crippen molar-refractivity contribution in [3.05, 3.63) is 23.7 Å². The summed E-state index contributed by atoms with van der Waals surface area (Å²) in [6, 6.07) is 2.80. The molecule has 84 valence electrons. The van der Waals surface area contributed by atoms with Crippen LogP contribution in [0.5, 0.6) is 0 Å². The van der Waals surface area contributed by atoms with E-state index in [1.165, 1.54) is 31.4 Å². The first kappa shape index (κ1) is 10.7. The van der Waals surface area contributed by atoms with Crippen LogP contribution in [0.15, 0.2) is 16.7 Å². The highest BCUT2D eigenvalue weighted by Crippen LogP contribution is 2.23. The van der Waals surface area contributed by atoms with Gasteiger partial charge in [-0.1, -0.05) is 6.92 Å². The highest BCUT2D eigenvalue weighted by atomic mass is 16.3.